The fraction of sp³-hybridized carbons (Fsp3) is 0.480. The Labute approximate surface area is 184 Å². The summed E-state index contributed by atoms with van der Waals surface area (Å²) in [5.74, 6) is 1.52. The van der Waals surface area contributed by atoms with E-state index in [9.17, 15) is 4.79 Å². The highest BCUT2D eigenvalue weighted by Crippen LogP contribution is 2.30. The van der Waals surface area contributed by atoms with E-state index in [1.165, 1.54) is 31.2 Å². The van der Waals surface area contributed by atoms with E-state index < -0.39 is 0 Å². The molecule has 0 unspecified atom stereocenters. The van der Waals surface area contributed by atoms with Gasteiger partial charge in [0.2, 0.25) is 0 Å². The van der Waals surface area contributed by atoms with Crippen molar-refractivity contribution in [2.24, 2.45) is 5.92 Å². The molecule has 2 aromatic rings. The molecule has 1 saturated heterocycles. The van der Waals surface area contributed by atoms with Gasteiger partial charge in [0, 0.05) is 22.7 Å². The molecule has 1 heterocycles. The van der Waals surface area contributed by atoms with Crippen molar-refractivity contribution in [1.82, 2.24) is 10.2 Å². The molecule has 0 radical (unpaired) electrons. The zero-order valence-corrected chi connectivity index (χ0v) is 18.4. The Kier molecular flexibility index (Phi) is 6.96. The highest BCUT2D eigenvalue weighted by atomic mass is 35.5. The van der Waals surface area contributed by atoms with E-state index in [4.69, 9.17) is 16.3 Å². The number of methoxy groups -OCH3 is 1. The molecule has 2 aliphatic rings. The fourth-order valence-electron chi connectivity index (χ4n) is 4.98. The first-order chi connectivity index (χ1) is 14.6. The Balaban J connectivity index is 1.29. The molecule has 0 bridgehead atoms. The SMILES string of the molecule is COc1ccc(C(=O)N[C@@H]2CCC[C@H]2N2CCC(Cc3ccc(Cl)cc3)CC2)cc1. The third kappa shape index (κ3) is 5.16. The second-order valence-electron chi connectivity index (χ2n) is 8.62. The third-order valence-electron chi connectivity index (χ3n) is 6.70. The van der Waals surface area contributed by atoms with Crippen LogP contribution < -0.4 is 10.1 Å². The lowest BCUT2D eigenvalue weighted by Crippen LogP contribution is -2.51. The molecule has 1 aliphatic heterocycles. The summed E-state index contributed by atoms with van der Waals surface area (Å²) in [6, 6.07) is 16.3. The van der Waals surface area contributed by atoms with Crippen LogP contribution in [0.5, 0.6) is 5.75 Å². The van der Waals surface area contributed by atoms with Gasteiger partial charge < -0.3 is 10.1 Å². The smallest absolute Gasteiger partial charge is 0.251 e. The number of carbonyl (C=O) groups is 1. The number of carbonyl (C=O) groups excluding carboxylic acids is 1. The average molecular weight is 427 g/mol. The second-order valence-corrected chi connectivity index (χ2v) is 9.05. The van der Waals surface area contributed by atoms with Crippen LogP contribution in [-0.2, 0) is 6.42 Å². The van der Waals surface area contributed by atoms with E-state index in [2.05, 4.69) is 22.3 Å². The molecule has 1 amide bonds. The summed E-state index contributed by atoms with van der Waals surface area (Å²) < 4.78 is 5.19. The van der Waals surface area contributed by atoms with Crippen LogP contribution in [0.2, 0.25) is 5.02 Å². The van der Waals surface area contributed by atoms with Gasteiger partial charge in [0.1, 0.15) is 5.75 Å². The maximum atomic E-state index is 12.7. The minimum Gasteiger partial charge on any atom is -0.497 e. The highest BCUT2D eigenvalue weighted by Gasteiger charge is 2.35. The molecule has 4 rings (SSSR count). The summed E-state index contributed by atoms with van der Waals surface area (Å²) in [6.07, 6.45) is 7.00. The van der Waals surface area contributed by atoms with Crippen molar-refractivity contribution in [2.45, 2.75) is 50.6 Å². The van der Waals surface area contributed by atoms with Crippen LogP contribution in [-0.4, -0.2) is 43.1 Å². The largest absolute Gasteiger partial charge is 0.497 e. The zero-order chi connectivity index (χ0) is 20.9. The number of ether oxygens (including phenoxy) is 1. The zero-order valence-electron chi connectivity index (χ0n) is 17.6. The number of nitrogens with zero attached hydrogens (tertiary/aromatic N) is 1. The standard InChI is InChI=1S/C25H31ClN2O2/c1-30-22-11-7-20(8-12-22)25(29)27-23-3-2-4-24(23)28-15-13-19(14-16-28)17-18-5-9-21(26)10-6-18/h5-12,19,23-24H,2-4,13-17H2,1H3,(H,27,29)/t23-,24-/m1/s1. The lowest BCUT2D eigenvalue weighted by Gasteiger charge is -2.38. The van der Waals surface area contributed by atoms with Crippen LogP contribution in [0.3, 0.4) is 0 Å². The van der Waals surface area contributed by atoms with Gasteiger partial charge in [0.05, 0.1) is 7.11 Å². The summed E-state index contributed by atoms with van der Waals surface area (Å²) in [5, 5.41) is 4.11. The van der Waals surface area contributed by atoms with Crippen LogP contribution in [0.25, 0.3) is 0 Å². The number of nitrogens with one attached hydrogen (secondary N) is 1. The van der Waals surface area contributed by atoms with Crippen LogP contribution >= 0.6 is 11.6 Å². The predicted molar refractivity (Wildman–Crippen MR) is 121 cm³/mol. The van der Waals surface area contributed by atoms with Gasteiger partial charge in [-0.25, -0.2) is 0 Å². The molecule has 5 heteroatoms. The molecular formula is C25H31ClN2O2. The molecule has 4 nitrogen and oxygen atoms in total. The van der Waals surface area contributed by atoms with Crippen molar-refractivity contribution in [3.05, 3.63) is 64.7 Å². The van der Waals surface area contributed by atoms with Crippen molar-refractivity contribution in [3.63, 3.8) is 0 Å². The lowest BCUT2D eigenvalue weighted by molar-refractivity contribution is 0.0862. The molecule has 1 aliphatic carbocycles. The Bertz CT molecular complexity index is 829. The van der Waals surface area contributed by atoms with Gasteiger partial charge in [0.25, 0.3) is 5.91 Å². The van der Waals surface area contributed by atoms with Gasteiger partial charge in [0.15, 0.2) is 0 Å². The van der Waals surface area contributed by atoms with E-state index >= 15 is 0 Å². The summed E-state index contributed by atoms with van der Waals surface area (Å²) in [6.45, 7) is 2.25. The molecule has 30 heavy (non-hydrogen) atoms. The van der Waals surface area contributed by atoms with Gasteiger partial charge in [-0.05, 0) is 99.5 Å². The van der Waals surface area contributed by atoms with E-state index in [-0.39, 0.29) is 11.9 Å². The number of piperidine rings is 1. The normalized spacial score (nSPS) is 22.7. The minimum absolute atomic E-state index is 0.0205. The topological polar surface area (TPSA) is 41.6 Å². The molecule has 1 N–H and O–H groups in total. The lowest BCUT2D eigenvalue weighted by atomic mass is 9.89. The van der Waals surface area contributed by atoms with Gasteiger partial charge in [-0.1, -0.05) is 23.7 Å². The molecular weight excluding hydrogens is 396 g/mol. The van der Waals surface area contributed by atoms with Crippen molar-refractivity contribution in [1.29, 1.82) is 0 Å². The number of likely N-dealkylation sites (tertiary alicyclic amines) is 1. The van der Waals surface area contributed by atoms with E-state index in [0.29, 0.717) is 11.6 Å². The van der Waals surface area contributed by atoms with Crippen molar-refractivity contribution in [2.75, 3.05) is 20.2 Å². The summed E-state index contributed by atoms with van der Waals surface area (Å²) in [4.78, 5) is 15.3. The van der Waals surface area contributed by atoms with Gasteiger partial charge in [-0.2, -0.15) is 0 Å². The number of hydrogen-bond donors (Lipinski definition) is 1. The maximum Gasteiger partial charge on any atom is 0.251 e. The predicted octanol–water partition coefficient (Wildman–Crippen LogP) is 4.95. The van der Waals surface area contributed by atoms with Crippen molar-refractivity contribution in [3.8, 4) is 5.75 Å². The van der Waals surface area contributed by atoms with Crippen molar-refractivity contribution < 1.29 is 9.53 Å². The van der Waals surface area contributed by atoms with E-state index in [1.54, 1.807) is 7.11 Å². The Morgan fingerprint density at radius 3 is 2.40 bits per heavy atom. The van der Waals surface area contributed by atoms with E-state index in [1.807, 2.05) is 36.4 Å². The molecule has 2 aromatic carbocycles. The van der Waals surface area contributed by atoms with Crippen LogP contribution in [0.1, 0.15) is 48.0 Å². The van der Waals surface area contributed by atoms with Crippen LogP contribution in [0.4, 0.5) is 0 Å². The number of halogens is 1. The maximum absolute atomic E-state index is 12.7. The summed E-state index contributed by atoms with van der Waals surface area (Å²) >= 11 is 6.01. The van der Waals surface area contributed by atoms with E-state index in [0.717, 1.165) is 42.6 Å². The first-order valence-electron chi connectivity index (χ1n) is 11.1. The van der Waals surface area contributed by atoms with Crippen LogP contribution in [0.15, 0.2) is 48.5 Å². The quantitative estimate of drug-likeness (QED) is 0.710. The van der Waals surface area contributed by atoms with Gasteiger partial charge >= 0.3 is 0 Å². The summed E-state index contributed by atoms with van der Waals surface area (Å²) in [7, 11) is 1.64. The van der Waals surface area contributed by atoms with Gasteiger partial charge in [-0.15, -0.1) is 0 Å². The number of amides is 1. The van der Waals surface area contributed by atoms with Gasteiger partial charge in [-0.3, -0.25) is 9.69 Å². The number of rotatable bonds is 6. The highest BCUT2D eigenvalue weighted by molar-refractivity contribution is 6.30. The number of benzene rings is 2. The fourth-order valence-corrected chi connectivity index (χ4v) is 5.11. The first-order valence-corrected chi connectivity index (χ1v) is 11.4. The Morgan fingerprint density at radius 1 is 1.03 bits per heavy atom. The molecule has 2 atom stereocenters. The Morgan fingerprint density at radius 2 is 1.73 bits per heavy atom. The first kappa shape index (κ1) is 21.2. The molecule has 0 spiro atoms. The molecule has 160 valence electrons. The average Bonchev–Trinajstić information content (AvgIpc) is 3.24. The third-order valence-corrected chi connectivity index (χ3v) is 6.96. The number of hydrogen-bond acceptors (Lipinski definition) is 3. The second kappa shape index (κ2) is 9.84. The summed E-state index contributed by atoms with van der Waals surface area (Å²) in [5.41, 5.74) is 2.08. The molecule has 0 aromatic heterocycles. The molecule has 1 saturated carbocycles. The monoisotopic (exact) mass is 426 g/mol. The minimum atomic E-state index is 0.0205. The molecule has 2 fully saturated rings. The Hall–Kier alpha value is -2.04. The van der Waals surface area contributed by atoms with Crippen molar-refractivity contribution >= 4 is 17.5 Å². The van der Waals surface area contributed by atoms with Crippen LogP contribution in [0, 0.1) is 5.92 Å².